The normalized spacial score (nSPS) is 18.4. The van der Waals surface area contributed by atoms with Gasteiger partial charge in [-0.3, -0.25) is 4.79 Å². The smallest absolute Gasteiger partial charge is 0.226 e. The number of nitrogens with one attached hydrogen (secondary N) is 1. The first-order valence-corrected chi connectivity index (χ1v) is 10.6. The molecule has 4 nitrogen and oxygen atoms in total. The molecule has 3 rings (SSSR count). The molecular formula is C20H29N3OS. The number of hydrogen-bond donors (Lipinski definition) is 1. The van der Waals surface area contributed by atoms with Crippen LogP contribution in [0.2, 0.25) is 0 Å². The van der Waals surface area contributed by atoms with Crippen molar-refractivity contribution in [3.8, 4) is 6.07 Å². The van der Waals surface area contributed by atoms with Gasteiger partial charge in [0.1, 0.15) is 11.1 Å². The van der Waals surface area contributed by atoms with E-state index in [1.807, 2.05) is 0 Å². The van der Waals surface area contributed by atoms with Crippen molar-refractivity contribution in [2.45, 2.75) is 76.7 Å². The van der Waals surface area contributed by atoms with Gasteiger partial charge in [0, 0.05) is 23.9 Å². The molecule has 5 heteroatoms. The Hall–Kier alpha value is -1.38. The van der Waals surface area contributed by atoms with Crippen LogP contribution >= 0.6 is 11.3 Å². The van der Waals surface area contributed by atoms with Gasteiger partial charge in [-0.25, -0.2) is 0 Å². The maximum Gasteiger partial charge on any atom is 0.226 e. The van der Waals surface area contributed by atoms with E-state index in [1.54, 1.807) is 11.3 Å². The van der Waals surface area contributed by atoms with Gasteiger partial charge in [0.2, 0.25) is 5.91 Å². The quantitative estimate of drug-likeness (QED) is 0.789. The van der Waals surface area contributed by atoms with E-state index in [4.69, 9.17) is 0 Å². The number of amides is 1. The van der Waals surface area contributed by atoms with E-state index in [-0.39, 0.29) is 5.91 Å². The fraction of sp³-hybridized carbons (Fsp3) is 0.700. The lowest BCUT2D eigenvalue weighted by atomic mass is 9.96. The fourth-order valence-electron chi connectivity index (χ4n) is 4.12. The number of fused-ring (bicyclic) bond motifs is 1. The van der Waals surface area contributed by atoms with E-state index in [9.17, 15) is 10.1 Å². The van der Waals surface area contributed by atoms with Crippen molar-refractivity contribution in [2.24, 2.45) is 0 Å². The summed E-state index contributed by atoms with van der Waals surface area (Å²) in [7, 11) is 2.15. The van der Waals surface area contributed by atoms with Crippen LogP contribution in [0.1, 0.15) is 73.8 Å². The van der Waals surface area contributed by atoms with Crippen LogP contribution in [-0.2, 0) is 17.6 Å². The highest BCUT2D eigenvalue weighted by Gasteiger charge is 2.22. The SMILES string of the molecule is CN(CCC(=O)Nc1sc2c(c1C#N)CCCC2)C1CCCCCC1. The van der Waals surface area contributed by atoms with Crippen LogP contribution in [0.15, 0.2) is 0 Å². The second-order valence-corrected chi connectivity index (χ2v) is 8.56. The highest BCUT2D eigenvalue weighted by atomic mass is 32.1. The molecule has 0 bridgehead atoms. The zero-order chi connectivity index (χ0) is 17.6. The zero-order valence-electron chi connectivity index (χ0n) is 15.3. The Bertz CT molecular complexity index is 638. The van der Waals surface area contributed by atoms with E-state index in [0.717, 1.165) is 30.8 Å². The number of rotatable bonds is 5. The molecule has 0 atom stereocenters. The number of carbonyl (C=O) groups excluding carboxylic acids is 1. The molecule has 25 heavy (non-hydrogen) atoms. The molecule has 0 aromatic carbocycles. The molecule has 136 valence electrons. The first kappa shape index (κ1) is 18.4. The number of anilines is 1. The second-order valence-electron chi connectivity index (χ2n) is 7.45. The molecule has 0 radical (unpaired) electrons. The van der Waals surface area contributed by atoms with Crippen LogP contribution in [0.25, 0.3) is 0 Å². The number of carbonyl (C=O) groups is 1. The molecule has 2 aliphatic carbocycles. The summed E-state index contributed by atoms with van der Waals surface area (Å²) in [6, 6.07) is 2.94. The van der Waals surface area contributed by atoms with Crippen molar-refractivity contribution >= 4 is 22.2 Å². The third kappa shape index (κ3) is 4.62. The molecule has 0 spiro atoms. The topological polar surface area (TPSA) is 56.1 Å². The van der Waals surface area contributed by atoms with Crippen molar-refractivity contribution in [1.82, 2.24) is 4.90 Å². The summed E-state index contributed by atoms with van der Waals surface area (Å²) in [5.74, 6) is 0.0376. The third-order valence-electron chi connectivity index (χ3n) is 5.68. The lowest BCUT2D eigenvalue weighted by Gasteiger charge is -2.26. The van der Waals surface area contributed by atoms with Crippen LogP contribution in [0.3, 0.4) is 0 Å². The molecule has 1 fully saturated rings. The molecule has 1 aromatic rings. The molecule has 0 unspecified atom stereocenters. The molecule has 1 aromatic heterocycles. The van der Waals surface area contributed by atoms with E-state index in [2.05, 4.69) is 23.3 Å². The number of nitriles is 1. The van der Waals surface area contributed by atoms with Gasteiger partial charge in [0.25, 0.3) is 0 Å². The molecule has 1 heterocycles. The molecule has 2 aliphatic rings. The number of hydrogen-bond acceptors (Lipinski definition) is 4. The Kier molecular flexibility index (Phi) is 6.50. The van der Waals surface area contributed by atoms with Gasteiger partial charge < -0.3 is 10.2 Å². The number of aryl methyl sites for hydroxylation is 1. The van der Waals surface area contributed by atoms with E-state index >= 15 is 0 Å². The maximum absolute atomic E-state index is 12.4. The average Bonchev–Trinajstić information content (AvgIpc) is 2.78. The minimum Gasteiger partial charge on any atom is -0.317 e. The fourth-order valence-corrected chi connectivity index (χ4v) is 5.38. The molecular weight excluding hydrogens is 330 g/mol. The van der Waals surface area contributed by atoms with Crippen LogP contribution < -0.4 is 5.32 Å². The van der Waals surface area contributed by atoms with Crippen molar-refractivity contribution in [3.05, 3.63) is 16.0 Å². The molecule has 1 N–H and O–H groups in total. The summed E-state index contributed by atoms with van der Waals surface area (Å²) >= 11 is 1.61. The Labute approximate surface area is 155 Å². The monoisotopic (exact) mass is 359 g/mol. The van der Waals surface area contributed by atoms with Crippen LogP contribution in [0.4, 0.5) is 5.00 Å². The summed E-state index contributed by atoms with van der Waals surface area (Å²) in [6.45, 7) is 0.795. The van der Waals surface area contributed by atoms with Gasteiger partial charge in [-0.15, -0.1) is 11.3 Å². The van der Waals surface area contributed by atoms with Crippen LogP contribution in [0, 0.1) is 11.3 Å². The third-order valence-corrected chi connectivity index (χ3v) is 6.88. The van der Waals surface area contributed by atoms with Crippen molar-refractivity contribution in [1.29, 1.82) is 5.26 Å². The van der Waals surface area contributed by atoms with Crippen LogP contribution in [-0.4, -0.2) is 30.4 Å². The minimum absolute atomic E-state index is 0.0376. The predicted molar refractivity (Wildman–Crippen MR) is 103 cm³/mol. The molecule has 0 saturated heterocycles. The highest BCUT2D eigenvalue weighted by molar-refractivity contribution is 7.16. The molecule has 0 aliphatic heterocycles. The number of thiophene rings is 1. The average molecular weight is 360 g/mol. The first-order valence-electron chi connectivity index (χ1n) is 9.73. The molecule has 1 amide bonds. The largest absolute Gasteiger partial charge is 0.317 e. The van der Waals surface area contributed by atoms with Crippen molar-refractivity contribution in [2.75, 3.05) is 18.9 Å². The minimum atomic E-state index is 0.0376. The highest BCUT2D eigenvalue weighted by Crippen LogP contribution is 2.37. The van der Waals surface area contributed by atoms with Gasteiger partial charge >= 0.3 is 0 Å². The van der Waals surface area contributed by atoms with Crippen LogP contribution in [0.5, 0.6) is 0 Å². The lowest BCUT2D eigenvalue weighted by Crippen LogP contribution is -2.33. The maximum atomic E-state index is 12.4. The van der Waals surface area contributed by atoms with E-state index in [1.165, 1.54) is 55.4 Å². The van der Waals surface area contributed by atoms with Crippen molar-refractivity contribution in [3.63, 3.8) is 0 Å². The summed E-state index contributed by atoms with van der Waals surface area (Å²) in [5, 5.41) is 13.3. The Morgan fingerprint density at radius 3 is 2.64 bits per heavy atom. The predicted octanol–water partition coefficient (Wildman–Crippen LogP) is 4.48. The van der Waals surface area contributed by atoms with Gasteiger partial charge in [-0.1, -0.05) is 25.7 Å². The van der Waals surface area contributed by atoms with E-state index in [0.29, 0.717) is 18.0 Å². The van der Waals surface area contributed by atoms with Gasteiger partial charge in [0.15, 0.2) is 0 Å². The molecule has 1 saturated carbocycles. The summed E-state index contributed by atoms with van der Waals surface area (Å²) < 4.78 is 0. The summed E-state index contributed by atoms with van der Waals surface area (Å²) in [4.78, 5) is 16.1. The zero-order valence-corrected chi connectivity index (χ0v) is 16.1. The van der Waals surface area contributed by atoms with E-state index < -0.39 is 0 Å². The lowest BCUT2D eigenvalue weighted by molar-refractivity contribution is -0.116. The Balaban J connectivity index is 1.54. The Morgan fingerprint density at radius 2 is 1.92 bits per heavy atom. The Morgan fingerprint density at radius 1 is 1.20 bits per heavy atom. The van der Waals surface area contributed by atoms with Crippen molar-refractivity contribution < 1.29 is 4.79 Å². The first-order chi connectivity index (χ1) is 12.2. The summed E-state index contributed by atoms with van der Waals surface area (Å²) in [5.41, 5.74) is 1.90. The second kappa shape index (κ2) is 8.82. The number of nitrogens with zero attached hydrogens (tertiary/aromatic N) is 2. The standard InChI is InChI=1S/C20H29N3OS/c1-23(15-8-4-2-3-5-9-15)13-12-19(24)22-20-17(14-21)16-10-6-7-11-18(16)25-20/h15H,2-13H2,1H3,(H,22,24). The summed E-state index contributed by atoms with van der Waals surface area (Å²) in [6.07, 6.45) is 12.7. The van der Waals surface area contributed by atoms with Gasteiger partial charge in [0.05, 0.1) is 5.56 Å². The van der Waals surface area contributed by atoms with Gasteiger partial charge in [-0.05, 0) is 51.1 Å². The van der Waals surface area contributed by atoms with Gasteiger partial charge in [-0.2, -0.15) is 5.26 Å².